The van der Waals surface area contributed by atoms with Crippen LogP contribution in [-0.4, -0.2) is 27.4 Å². The van der Waals surface area contributed by atoms with E-state index < -0.39 is 29.5 Å². The highest BCUT2D eigenvalue weighted by atomic mass is 19.1. The van der Waals surface area contributed by atoms with Gasteiger partial charge in [-0.25, -0.2) is 17.9 Å². The van der Waals surface area contributed by atoms with Crippen molar-refractivity contribution in [1.29, 1.82) is 0 Å². The van der Waals surface area contributed by atoms with Crippen molar-refractivity contribution in [3.05, 3.63) is 84.1 Å². The lowest BCUT2D eigenvalue weighted by Crippen LogP contribution is -2.46. The smallest absolute Gasteiger partial charge is 0.264 e. The van der Waals surface area contributed by atoms with Gasteiger partial charge in [0.1, 0.15) is 23.5 Å². The highest BCUT2D eigenvalue weighted by molar-refractivity contribution is 6.01. The molecular formula is C26H22F3N3O2. The quantitative estimate of drug-likeness (QED) is 0.377. The molecule has 2 heterocycles. The Labute approximate surface area is 194 Å². The summed E-state index contributed by atoms with van der Waals surface area (Å²) in [6.07, 6.45) is 1.06. The van der Waals surface area contributed by atoms with Gasteiger partial charge in [-0.2, -0.15) is 5.10 Å². The molecule has 2 atom stereocenters. The first-order valence-corrected chi connectivity index (χ1v) is 10.9. The van der Waals surface area contributed by atoms with E-state index in [4.69, 9.17) is 4.74 Å². The molecule has 0 radical (unpaired) electrons. The molecule has 1 aromatic heterocycles. The first-order valence-electron chi connectivity index (χ1n) is 10.9. The van der Waals surface area contributed by atoms with Gasteiger partial charge in [0.25, 0.3) is 5.91 Å². The zero-order valence-corrected chi connectivity index (χ0v) is 18.8. The summed E-state index contributed by atoms with van der Waals surface area (Å²) in [5.41, 5.74) is 0.304. The van der Waals surface area contributed by atoms with Crippen molar-refractivity contribution in [2.24, 2.45) is 0 Å². The number of carbonyl (C=O) groups is 1. The van der Waals surface area contributed by atoms with Crippen LogP contribution < -0.4 is 9.64 Å². The molecule has 4 aromatic rings. The minimum Gasteiger partial charge on any atom is -0.483 e. The molecule has 1 aliphatic rings. The molecule has 5 nitrogen and oxygen atoms in total. The van der Waals surface area contributed by atoms with Crippen LogP contribution in [0, 0.1) is 11.6 Å². The summed E-state index contributed by atoms with van der Waals surface area (Å²) in [5, 5.41) is 5.19. The maximum atomic E-state index is 14.5. The van der Waals surface area contributed by atoms with E-state index in [1.54, 1.807) is 42.1 Å². The Morgan fingerprint density at radius 3 is 2.41 bits per heavy atom. The van der Waals surface area contributed by atoms with Crippen molar-refractivity contribution in [3.63, 3.8) is 0 Å². The molecule has 0 fully saturated rings. The zero-order valence-electron chi connectivity index (χ0n) is 18.8. The average molecular weight is 465 g/mol. The number of ether oxygens (including phenoxy) is 1. The fourth-order valence-corrected chi connectivity index (χ4v) is 4.34. The lowest BCUT2D eigenvalue weighted by Gasteiger charge is -2.29. The predicted octanol–water partition coefficient (Wildman–Crippen LogP) is 5.91. The van der Waals surface area contributed by atoms with E-state index in [9.17, 15) is 18.0 Å². The zero-order chi connectivity index (χ0) is 24.2. The second-order valence-corrected chi connectivity index (χ2v) is 8.88. The molecule has 0 bridgehead atoms. The minimum atomic E-state index is -2.12. The van der Waals surface area contributed by atoms with E-state index in [-0.39, 0.29) is 5.82 Å². The summed E-state index contributed by atoms with van der Waals surface area (Å²) in [5.74, 6) is -1.08. The lowest BCUT2D eigenvalue weighted by atomic mass is 10.1. The van der Waals surface area contributed by atoms with Crippen molar-refractivity contribution in [1.82, 2.24) is 9.78 Å². The Balaban J connectivity index is 1.48. The van der Waals surface area contributed by atoms with Gasteiger partial charge in [-0.05, 0) is 75.4 Å². The Hall–Kier alpha value is -3.81. The molecule has 0 spiro atoms. The van der Waals surface area contributed by atoms with E-state index in [1.807, 2.05) is 12.1 Å². The second-order valence-electron chi connectivity index (χ2n) is 8.88. The van der Waals surface area contributed by atoms with Crippen LogP contribution in [-0.2, 0) is 4.79 Å². The first kappa shape index (κ1) is 22.0. The number of alkyl halides is 1. The number of nitrogens with zero attached hydrogens (tertiary/aromatic N) is 3. The number of halogens is 3. The van der Waals surface area contributed by atoms with Crippen LogP contribution in [0.25, 0.3) is 16.6 Å². The third kappa shape index (κ3) is 3.69. The van der Waals surface area contributed by atoms with Crippen molar-refractivity contribution < 1.29 is 22.7 Å². The minimum absolute atomic E-state index is 0.304. The van der Waals surface area contributed by atoms with Gasteiger partial charge in [0.05, 0.1) is 29.1 Å². The first-order chi connectivity index (χ1) is 16.1. The van der Waals surface area contributed by atoms with Crippen LogP contribution in [0.5, 0.6) is 5.75 Å². The highest BCUT2D eigenvalue weighted by Crippen LogP contribution is 2.44. The van der Waals surface area contributed by atoms with Gasteiger partial charge in [0, 0.05) is 10.9 Å². The molecule has 1 aliphatic heterocycles. The number of amides is 1. The number of aromatic nitrogens is 2. The maximum Gasteiger partial charge on any atom is 0.264 e. The van der Waals surface area contributed by atoms with Crippen LogP contribution >= 0.6 is 0 Å². The van der Waals surface area contributed by atoms with Gasteiger partial charge < -0.3 is 9.64 Å². The lowest BCUT2D eigenvalue weighted by molar-refractivity contribution is -0.128. The SMILES string of the molecule is C[C@H]1[C@H](Oc2ccc3c(cnn3-c3ccc(F)cc3)c2)c2ccc(F)cc2N1C(=O)C(C)(C)F. The Morgan fingerprint density at radius 1 is 1.00 bits per heavy atom. The fraction of sp³-hybridized carbons (Fsp3) is 0.231. The Bertz CT molecular complexity index is 1390. The number of anilines is 1. The van der Waals surface area contributed by atoms with Crippen molar-refractivity contribution in [2.75, 3.05) is 4.90 Å². The number of hydrogen-bond donors (Lipinski definition) is 0. The molecule has 174 valence electrons. The van der Waals surface area contributed by atoms with E-state index in [0.29, 0.717) is 22.7 Å². The van der Waals surface area contributed by atoms with Gasteiger partial charge >= 0.3 is 0 Å². The van der Waals surface area contributed by atoms with E-state index >= 15 is 0 Å². The van der Waals surface area contributed by atoms with E-state index in [0.717, 1.165) is 10.9 Å². The molecule has 0 saturated heterocycles. The maximum absolute atomic E-state index is 14.5. The number of fused-ring (bicyclic) bond motifs is 2. The topological polar surface area (TPSA) is 47.4 Å². The number of carbonyl (C=O) groups excluding carboxylic acids is 1. The van der Waals surface area contributed by atoms with Gasteiger partial charge in [-0.15, -0.1) is 0 Å². The standard InChI is InChI=1S/C26H22F3N3O2/c1-15-24(21-10-6-18(28)13-23(21)31(15)25(33)26(2,3)29)34-20-9-11-22-16(12-20)14-30-32(22)19-7-4-17(27)5-8-19/h4-15,24H,1-3H3/t15-,24-/m0/s1. The predicted molar refractivity (Wildman–Crippen MR) is 123 cm³/mol. The molecule has 5 rings (SSSR count). The van der Waals surface area contributed by atoms with E-state index in [1.165, 1.54) is 43.0 Å². The summed E-state index contributed by atoms with van der Waals surface area (Å²) in [6, 6.07) is 15.0. The molecule has 34 heavy (non-hydrogen) atoms. The average Bonchev–Trinajstić information content (AvgIpc) is 3.32. The van der Waals surface area contributed by atoms with Crippen molar-refractivity contribution in [2.45, 2.75) is 38.6 Å². The summed E-state index contributed by atoms with van der Waals surface area (Å²) >= 11 is 0. The summed E-state index contributed by atoms with van der Waals surface area (Å²) < 4.78 is 49.8. The van der Waals surface area contributed by atoms with E-state index in [2.05, 4.69) is 5.10 Å². The van der Waals surface area contributed by atoms with Crippen LogP contribution in [0.2, 0.25) is 0 Å². The Morgan fingerprint density at radius 2 is 1.71 bits per heavy atom. The second kappa shape index (κ2) is 7.90. The fourth-order valence-electron chi connectivity index (χ4n) is 4.34. The number of benzene rings is 3. The summed E-state index contributed by atoms with van der Waals surface area (Å²) in [6.45, 7) is 4.11. The Kier molecular flexibility index (Phi) is 5.11. The molecular weight excluding hydrogens is 443 g/mol. The van der Waals surface area contributed by atoms with Gasteiger partial charge in [-0.1, -0.05) is 6.07 Å². The van der Waals surface area contributed by atoms with Crippen LogP contribution in [0.4, 0.5) is 18.9 Å². The van der Waals surface area contributed by atoms with Gasteiger partial charge in [-0.3, -0.25) is 4.79 Å². The van der Waals surface area contributed by atoms with Crippen molar-refractivity contribution in [3.8, 4) is 11.4 Å². The highest BCUT2D eigenvalue weighted by Gasteiger charge is 2.45. The summed E-state index contributed by atoms with van der Waals surface area (Å²) in [4.78, 5) is 14.1. The number of hydrogen-bond acceptors (Lipinski definition) is 3. The molecule has 0 N–H and O–H groups in total. The third-order valence-electron chi connectivity index (χ3n) is 6.01. The molecule has 3 aromatic carbocycles. The molecule has 0 unspecified atom stereocenters. The molecule has 1 amide bonds. The van der Waals surface area contributed by atoms with Gasteiger partial charge in [0.2, 0.25) is 0 Å². The van der Waals surface area contributed by atoms with Gasteiger partial charge in [0.15, 0.2) is 5.67 Å². The molecule has 0 aliphatic carbocycles. The van der Waals surface area contributed by atoms with Crippen LogP contribution in [0.1, 0.15) is 32.4 Å². The van der Waals surface area contributed by atoms with Crippen LogP contribution in [0.15, 0.2) is 66.9 Å². The largest absolute Gasteiger partial charge is 0.483 e. The van der Waals surface area contributed by atoms with Crippen LogP contribution in [0.3, 0.4) is 0 Å². The third-order valence-corrected chi connectivity index (χ3v) is 6.01. The molecule has 0 saturated carbocycles. The summed E-state index contributed by atoms with van der Waals surface area (Å²) in [7, 11) is 0. The normalized spacial score (nSPS) is 17.8. The molecule has 8 heteroatoms. The number of rotatable bonds is 4. The monoisotopic (exact) mass is 465 g/mol. The van der Waals surface area contributed by atoms with Crippen molar-refractivity contribution >= 4 is 22.5 Å².